The van der Waals surface area contributed by atoms with Crippen molar-refractivity contribution in [2.75, 3.05) is 33.5 Å². The lowest BCUT2D eigenvalue weighted by Crippen LogP contribution is -2.50. The number of hydrogen-bond donors (Lipinski definition) is 3. The van der Waals surface area contributed by atoms with E-state index in [9.17, 15) is 31.4 Å². The van der Waals surface area contributed by atoms with Crippen molar-refractivity contribution in [2.24, 2.45) is 11.8 Å². The number of rotatable bonds is 9. The summed E-state index contributed by atoms with van der Waals surface area (Å²) in [5.41, 5.74) is -2.70. The maximum atomic E-state index is 13.0. The lowest BCUT2D eigenvalue weighted by molar-refractivity contribution is -0.143. The Morgan fingerprint density at radius 2 is 1.68 bits per heavy atom. The number of methoxy groups -OCH3 is 1. The molecule has 1 saturated heterocycles. The van der Waals surface area contributed by atoms with Crippen molar-refractivity contribution in [2.45, 2.75) is 62.8 Å². The number of alkyl halides is 6. The standard InChI is InChI=1S/C23H32F6N2O3/c1-33-21-13-34-5-3-20(21)31-19-8-15(16(9-19)12-32)2-4-30-11-14-6-17(22(24,25)26)10-18(7-14)23(27,28)29/h6-7,10,15-16,19-21,30-32H,2-5,8-9,11-13H2,1H3/t15?,16-,19+,20?,21?/m0/s1. The monoisotopic (exact) mass is 498 g/mol. The molecule has 0 radical (unpaired) electrons. The van der Waals surface area contributed by atoms with Crippen molar-refractivity contribution in [3.63, 3.8) is 0 Å². The average Bonchev–Trinajstić information content (AvgIpc) is 3.17. The minimum atomic E-state index is -4.86. The Kier molecular flexibility index (Phi) is 9.24. The number of hydrogen-bond acceptors (Lipinski definition) is 5. The molecular weight excluding hydrogens is 466 g/mol. The molecule has 5 atom stereocenters. The van der Waals surface area contributed by atoms with Crippen molar-refractivity contribution < 1.29 is 40.9 Å². The fourth-order valence-electron chi connectivity index (χ4n) is 5.00. The molecule has 194 valence electrons. The van der Waals surface area contributed by atoms with E-state index in [1.54, 1.807) is 7.11 Å². The average molecular weight is 499 g/mol. The summed E-state index contributed by atoms with van der Waals surface area (Å²) < 4.78 is 89.1. The topological polar surface area (TPSA) is 62.8 Å². The number of halogens is 6. The fraction of sp³-hybridized carbons (Fsp3) is 0.739. The molecule has 1 saturated carbocycles. The molecule has 0 spiro atoms. The summed E-state index contributed by atoms with van der Waals surface area (Å²) in [5.74, 6) is 0.286. The quantitative estimate of drug-likeness (QED) is 0.355. The second-order valence-electron chi connectivity index (χ2n) is 9.16. The molecular formula is C23H32F6N2O3. The van der Waals surface area contributed by atoms with Crippen molar-refractivity contribution in [1.29, 1.82) is 0 Å². The smallest absolute Gasteiger partial charge is 0.396 e. The van der Waals surface area contributed by atoms with Crippen LogP contribution < -0.4 is 10.6 Å². The summed E-state index contributed by atoms with van der Waals surface area (Å²) in [6.45, 7) is 1.54. The SMILES string of the molecule is COC1COCCC1N[C@@H]1CC(CCNCc2cc(C(F)(F)F)cc(C(F)(F)F)c2)[C@H](CO)C1. The summed E-state index contributed by atoms with van der Waals surface area (Å²) in [7, 11) is 1.65. The Bertz CT molecular complexity index is 757. The third-order valence-electron chi connectivity index (χ3n) is 6.80. The van der Waals surface area contributed by atoms with E-state index in [1.807, 2.05) is 0 Å². The van der Waals surface area contributed by atoms with Gasteiger partial charge >= 0.3 is 12.4 Å². The Hall–Kier alpha value is -1.40. The third-order valence-corrected chi connectivity index (χ3v) is 6.80. The highest BCUT2D eigenvalue weighted by molar-refractivity contribution is 5.33. The van der Waals surface area contributed by atoms with E-state index in [2.05, 4.69) is 10.6 Å². The van der Waals surface area contributed by atoms with Crippen LogP contribution in [-0.2, 0) is 28.4 Å². The maximum absolute atomic E-state index is 13.0. The number of nitrogens with one attached hydrogen (secondary N) is 2. The molecule has 11 heteroatoms. The zero-order valence-electron chi connectivity index (χ0n) is 19.0. The van der Waals surface area contributed by atoms with Crippen LogP contribution in [-0.4, -0.2) is 56.8 Å². The summed E-state index contributed by atoms with van der Waals surface area (Å²) in [6.07, 6.45) is -6.61. The first-order valence-electron chi connectivity index (χ1n) is 11.5. The Balaban J connectivity index is 1.53. The third kappa shape index (κ3) is 7.30. The number of aliphatic hydroxyl groups excluding tert-OH is 1. The lowest BCUT2D eigenvalue weighted by atomic mass is 9.93. The van der Waals surface area contributed by atoms with E-state index in [4.69, 9.17) is 9.47 Å². The van der Waals surface area contributed by atoms with Crippen LogP contribution in [0.2, 0.25) is 0 Å². The van der Waals surface area contributed by atoms with E-state index in [0.29, 0.717) is 26.2 Å². The van der Waals surface area contributed by atoms with E-state index >= 15 is 0 Å². The molecule has 34 heavy (non-hydrogen) atoms. The van der Waals surface area contributed by atoms with Gasteiger partial charge in [-0.05, 0) is 67.8 Å². The summed E-state index contributed by atoms with van der Waals surface area (Å²) in [4.78, 5) is 0. The molecule has 1 aromatic rings. The van der Waals surface area contributed by atoms with Crippen LogP contribution in [0.5, 0.6) is 0 Å². The van der Waals surface area contributed by atoms with Crippen LogP contribution in [0, 0.1) is 11.8 Å². The zero-order chi connectivity index (χ0) is 24.9. The maximum Gasteiger partial charge on any atom is 0.416 e. The van der Waals surface area contributed by atoms with Gasteiger partial charge in [0.15, 0.2) is 0 Å². The second-order valence-corrected chi connectivity index (χ2v) is 9.16. The van der Waals surface area contributed by atoms with Gasteiger partial charge in [0.25, 0.3) is 0 Å². The second kappa shape index (κ2) is 11.6. The number of aliphatic hydroxyl groups is 1. The van der Waals surface area contributed by atoms with Gasteiger partial charge in [0.1, 0.15) is 0 Å². The molecule has 2 aliphatic rings. The van der Waals surface area contributed by atoms with Gasteiger partial charge in [0, 0.05) is 39.0 Å². The first kappa shape index (κ1) is 27.2. The summed E-state index contributed by atoms with van der Waals surface area (Å²) in [6, 6.07) is 2.00. The van der Waals surface area contributed by atoms with Crippen molar-refractivity contribution in [3.05, 3.63) is 34.9 Å². The molecule has 3 rings (SSSR count). The van der Waals surface area contributed by atoms with Gasteiger partial charge < -0.3 is 25.2 Å². The molecule has 0 aromatic heterocycles. The van der Waals surface area contributed by atoms with Crippen molar-refractivity contribution in [3.8, 4) is 0 Å². The minimum Gasteiger partial charge on any atom is -0.396 e. The van der Waals surface area contributed by atoms with Crippen LogP contribution in [0.1, 0.15) is 42.4 Å². The Labute approximate surface area is 195 Å². The molecule has 3 unspecified atom stereocenters. The van der Waals surface area contributed by atoms with Crippen molar-refractivity contribution in [1.82, 2.24) is 10.6 Å². The van der Waals surface area contributed by atoms with Gasteiger partial charge in [-0.1, -0.05) is 0 Å². The first-order chi connectivity index (χ1) is 16.0. The van der Waals surface area contributed by atoms with Crippen LogP contribution in [0.15, 0.2) is 18.2 Å². The van der Waals surface area contributed by atoms with Gasteiger partial charge in [-0.2, -0.15) is 26.3 Å². The molecule has 5 nitrogen and oxygen atoms in total. The fourth-order valence-corrected chi connectivity index (χ4v) is 5.00. The summed E-state index contributed by atoms with van der Waals surface area (Å²) in [5, 5.41) is 16.4. The molecule has 2 fully saturated rings. The largest absolute Gasteiger partial charge is 0.416 e. The van der Waals surface area contributed by atoms with E-state index in [-0.39, 0.29) is 54.8 Å². The van der Waals surface area contributed by atoms with E-state index in [1.165, 1.54) is 0 Å². The first-order valence-corrected chi connectivity index (χ1v) is 11.5. The van der Waals surface area contributed by atoms with Gasteiger partial charge in [0.2, 0.25) is 0 Å². The molecule has 0 bridgehead atoms. The van der Waals surface area contributed by atoms with Crippen molar-refractivity contribution >= 4 is 0 Å². The van der Waals surface area contributed by atoms with Gasteiger partial charge in [-0.15, -0.1) is 0 Å². The molecule has 1 heterocycles. The molecule has 0 amide bonds. The van der Waals surface area contributed by atoms with Crippen LogP contribution in [0.3, 0.4) is 0 Å². The molecule has 3 N–H and O–H groups in total. The highest BCUT2D eigenvalue weighted by Crippen LogP contribution is 2.37. The van der Waals surface area contributed by atoms with Crippen LogP contribution >= 0.6 is 0 Å². The molecule has 1 aliphatic heterocycles. The Morgan fingerprint density at radius 1 is 1.03 bits per heavy atom. The molecule has 1 aromatic carbocycles. The van der Waals surface area contributed by atoms with Gasteiger partial charge in [-0.25, -0.2) is 0 Å². The highest BCUT2D eigenvalue weighted by Gasteiger charge is 2.38. The highest BCUT2D eigenvalue weighted by atomic mass is 19.4. The van der Waals surface area contributed by atoms with Crippen LogP contribution in [0.4, 0.5) is 26.3 Å². The minimum absolute atomic E-state index is 0.0314. The normalized spacial score (nSPS) is 28.4. The lowest BCUT2D eigenvalue weighted by Gasteiger charge is -2.33. The predicted octanol–water partition coefficient (Wildman–Crippen LogP) is 3.98. The van der Waals surface area contributed by atoms with E-state index in [0.717, 1.165) is 31.4 Å². The van der Waals surface area contributed by atoms with E-state index < -0.39 is 23.5 Å². The Morgan fingerprint density at radius 3 is 2.26 bits per heavy atom. The summed E-state index contributed by atoms with van der Waals surface area (Å²) >= 11 is 0. The zero-order valence-corrected chi connectivity index (χ0v) is 19.0. The van der Waals surface area contributed by atoms with Gasteiger partial charge in [0.05, 0.1) is 23.8 Å². The molecule has 1 aliphatic carbocycles. The van der Waals surface area contributed by atoms with Crippen LogP contribution in [0.25, 0.3) is 0 Å². The van der Waals surface area contributed by atoms with Gasteiger partial charge in [-0.3, -0.25) is 0 Å². The predicted molar refractivity (Wildman–Crippen MR) is 113 cm³/mol. The number of benzene rings is 1. The number of ether oxygens (including phenoxy) is 2.